The van der Waals surface area contributed by atoms with Crippen LogP contribution in [-0.4, -0.2) is 22.6 Å². The number of hydrogen-bond acceptors (Lipinski definition) is 4. The predicted octanol–water partition coefficient (Wildman–Crippen LogP) is 2.05. The van der Waals surface area contributed by atoms with E-state index in [0.717, 1.165) is 23.9 Å². The first-order valence-electron chi connectivity index (χ1n) is 5.49. The molecule has 4 heteroatoms. The average Bonchev–Trinajstić information content (AvgIpc) is 2.95. The Morgan fingerprint density at radius 2 is 2.00 bits per heavy atom. The van der Waals surface area contributed by atoms with Gasteiger partial charge in [-0.15, -0.1) is 0 Å². The maximum atomic E-state index is 4.46. The summed E-state index contributed by atoms with van der Waals surface area (Å²) in [5.74, 6) is 2.70. The molecule has 0 spiro atoms. The second-order valence-electron chi connectivity index (χ2n) is 4.34. The molecule has 0 aliphatic heterocycles. The van der Waals surface area contributed by atoms with E-state index in [4.69, 9.17) is 0 Å². The molecule has 82 valence electrons. The normalized spacial score (nSPS) is 17.3. The SMILES string of the molecule is CCc1nc(NC)cc(NC2(C)CC2)n1. The Morgan fingerprint density at radius 3 is 2.53 bits per heavy atom. The predicted molar refractivity (Wildman–Crippen MR) is 62.2 cm³/mol. The molecule has 1 aliphatic rings. The highest BCUT2D eigenvalue weighted by Crippen LogP contribution is 2.37. The number of nitrogens with one attached hydrogen (secondary N) is 2. The van der Waals surface area contributed by atoms with Crippen LogP contribution >= 0.6 is 0 Å². The fourth-order valence-electron chi connectivity index (χ4n) is 1.47. The van der Waals surface area contributed by atoms with Crippen molar-refractivity contribution in [1.82, 2.24) is 9.97 Å². The molecule has 1 aliphatic carbocycles. The van der Waals surface area contributed by atoms with Gasteiger partial charge in [0, 0.05) is 25.1 Å². The lowest BCUT2D eigenvalue weighted by molar-refractivity contribution is 0.812. The molecule has 0 atom stereocenters. The summed E-state index contributed by atoms with van der Waals surface area (Å²) in [4.78, 5) is 8.82. The summed E-state index contributed by atoms with van der Waals surface area (Å²) in [7, 11) is 1.88. The van der Waals surface area contributed by atoms with Crippen LogP contribution < -0.4 is 10.6 Å². The van der Waals surface area contributed by atoms with Crippen molar-refractivity contribution >= 4 is 11.6 Å². The first kappa shape index (κ1) is 10.2. The van der Waals surface area contributed by atoms with Gasteiger partial charge in [-0.2, -0.15) is 0 Å². The zero-order valence-corrected chi connectivity index (χ0v) is 9.59. The summed E-state index contributed by atoms with van der Waals surface area (Å²) in [6.07, 6.45) is 3.32. The van der Waals surface area contributed by atoms with E-state index in [1.165, 1.54) is 12.8 Å². The third kappa shape index (κ3) is 2.37. The fourth-order valence-corrected chi connectivity index (χ4v) is 1.47. The minimum atomic E-state index is 0.268. The van der Waals surface area contributed by atoms with Crippen LogP contribution in [0.1, 0.15) is 32.5 Å². The number of nitrogens with zero attached hydrogens (tertiary/aromatic N) is 2. The van der Waals surface area contributed by atoms with E-state index >= 15 is 0 Å². The van der Waals surface area contributed by atoms with E-state index in [9.17, 15) is 0 Å². The van der Waals surface area contributed by atoms with Crippen molar-refractivity contribution in [2.75, 3.05) is 17.7 Å². The minimum Gasteiger partial charge on any atom is -0.373 e. The van der Waals surface area contributed by atoms with Gasteiger partial charge in [0.05, 0.1) is 0 Å². The maximum Gasteiger partial charge on any atom is 0.132 e. The third-order valence-corrected chi connectivity index (χ3v) is 2.77. The topological polar surface area (TPSA) is 49.8 Å². The summed E-state index contributed by atoms with van der Waals surface area (Å²) in [6, 6.07) is 1.96. The van der Waals surface area contributed by atoms with Crippen molar-refractivity contribution in [2.24, 2.45) is 0 Å². The molecule has 2 rings (SSSR count). The van der Waals surface area contributed by atoms with Gasteiger partial charge in [-0.05, 0) is 19.8 Å². The van der Waals surface area contributed by atoms with E-state index < -0.39 is 0 Å². The molecule has 1 saturated carbocycles. The fraction of sp³-hybridized carbons (Fsp3) is 0.636. The summed E-state index contributed by atoms with van der Waals surface area (Å²) in [5, 5.41) is 6.51. The largest absolute Gasteiger partial charge is 0.373 e. The van der Waals surface area contributed by atoms with E-state index in [1.807, 2.05) is 13.1 Å². The van der Waals surface area contributed by atoms with Crippen molar-refractivity contribution < 1.29 is 0 Å². The molecule has 0 radical (unpaired) electrons. The molecule has 1 fully saturated rings. The van der Waals surface area contributed by atoms with Gasteiger partial charge >= 0.3 is 0 Å². The van der Waals surface area contributed by atoms with Crippen LogP contribution in [0.3, 0.4) is 0 Å². The first-order valence-corrected chi connectivity index (χ1v) is 5.49. The third-order valence-electron chi connectivity index (χ3n) is 2.77. The Morgan fingerprint density at radius 1 is 1.33 bits per heavy atom. The number of aryl methyl sites for hydroxylation is 1. The van der Waals surface area contributed by atoms with Crippen LogP contribution in [0, 0.1) is 0 Å². The van der Waals surface area contributed by atoms with Gasteiger partial charge in [0.2, 0.25) is 0 Å². The zero-order valence-electron chi connectivity index (χ0n) is 9.59. The molecule has 4 nitrogen and oxygen atoms in total. The number of anilines is 2. The highest BCUT2D eigenvalue weighted by atomic mass is 15.1. The molecular formula is C11H18N4. The van der Waals surface area contributed by atoms with E-state index in [-0.39, 0.29) is 5.54 Å². The lowest BCUT2D eigenvalue weighted by atomic mass is 10.3. The number of rotatable bonds is 4. The molecule has 0 amide bonds. The maximum absolute atomic E-state index is 4.46. The van der Waals surface area contributed by atoms with Crippen LogP contribution in [0.5, 0.6) is 0 Å². The molecule has 0 saturated heterocycles. The average molecular weight is 206 g/mol. The Labute approximate surface area is 90.5 Å². The van der Waals surface area contributed by atoms with Gasteiger partial charge in [-0.3, -0.25) is 0 Å². The summed E-state index contributed by atoms with van der Waals surface area (Å²) < 4.78 is 0. The molecule has 1 heterocycles. The smallest absolute Gasteiger partial charge is 0.132 e. The second-order valence-corrected chi connectivity index (χ2v) is 4.34. The molecule has 2 N–H and O–H groups in total. The van der Waals surface area contributed by atoms with Crippen LogP contribution in [0.4, 0.5) is 11.6 Å². The number of aromatic nitrogens is 2. The summed E-state index contributed by atoms with van der Waals surface area (Å²) in [6.45, 7) is 4.29. The van der Waals surface area contributed by atoms with Gasteiger partial charge in [0.25, 0.3) is 0 Å². The van der Waals surface area contributed by atoms with Gasteiger partial charge < -0.3 is 10.6 Å². The molecule has 0 unspecified atom stereocenters. The van der Waals surface area contributed by atoms with Crippen molar-refractivity contribution in [3.8, 4) is 0 Å². The Kier molecular flexibility index (Phi) is 2.50. The summed E-state index contributed by atoms with van der Waals surface area (Å²) in [5.41, 5.74) is 0.268. The first-order chi connectivity index (χ1) is 7.15. The van der Waals surface area contributed by atoms with Crippen LogP contribution in [-0.2, 0) is 6.42 Å². The van der Waals surface area contributed by atoms with Crippen molar-refractivity contribution in [3.63, 3.8) is 0 Å². The highest BCUT2D eigenvalue weighted by molar-refractivity contribution is 5.49. The quantitative estimate of drug-likeness (QED) is 0.791. The molecule has 0 aromatic carbocycles. The Hall–Kier alpha value is -1.32. The van der Waals surface area contributed by atoms with Crippen LogP contribution in [0.15, 0.2) is 6.07 Å². The Bertz CT molecular complexity index is 335. The van der Waals surface area contributed by atoms with Crippen molar-refractivity contribution in [2.45, 2.75) is 38.6 Å². The number of hydrogen-bond donors (Lipinski definition) is 2. The molecule has 1 aromatic heterocycles. The molecular weight excluding hydrogens is 188 g/mol. The van der Waals surface area contributed by atoms with Crippen molar-refractivity contribution in [1.29, 1.82) is 0 Å². The van der Waals surface area contributed by atoms with Crippen molar-refractivity contribution in [3.05, 3.63) is 11.9 Å². The molecule has 1 aromatic rings. The lowest BCUT2D eigenvalue weighted by Crippen LogP contribution is -2.17. The van der Waals surface area contributed by atoms with E-state index in [1.54, 1.807) is 0 Å². The second kappa shape index (κ2) is 3.68. The van der Waals surface area contributed by atoms with Gasteiger partial charge in [0.15, 0.2) is 0 Å². The Balaban J connectivity index is 2.21. The standard InChI is InChI=1S/C11H18N4/c1-4-8-13-9(12-3)7-10(14-8)15-11(2)5-6-11/h7H,4-6H2,1-3H3,(H2,12,13,14,15). The molecule has 15 heavy (non-hydrogen) atoms. The van der Waals surface area contributed by atoms with Crippen LogP contribution in [0.2, 0.25) is 0 Å². The van der Waals surface area contributed by atoms with Crippen LogP contribution in [0.25, 0.3) is 0 Å². The van der Waals surface area contributed by atoms with Gasteiger partial charge in [0.1, 0.15) is 17.5 Å². The van der Waals surface area contributed by atoms with E-state index in [0.29, 0.717) is 0 Å². The van der Waals surface area contributed by atoms with E-state index in [2.05, 4.69) is 34.4 Å². The monoisotopic (exact) mass is 206 g/mol. The van der Waals surface area contributed by atoms with Gasteiger partial charge in [-0.1, -0.05) is 6.92 Å². The zero-order chi connectivity index (χ0) is 10.9. The lowest BCUT2D eigenvalue weighted by Gasteiger charge is -2.13. The van der Waals surface area contributed by atoms with Gasteiger partial charge in [-0.25, -0.2) is 9.97 Å². The highest BCUT2D eigenvalue weighted by Gasteiger charge is 2.37. The molecule has 0 bridgehead atoms. The minimum absolute atomic E-state index is 0.268. The summed E-state index contributed by atoms with van der Waals surface area (Å²) >= 11 is 0.